The van der Waals surface area contributed by atoms with Gasteiger partial charge in [0.1, 0.15) is 11.5 Å². The second-order valence-electron chi connectivity index (χ2n) is 6.29. The molecule has 0 aromatic heterocycles. The number of rotatable bonds is 5. The van der Waals surface area contributed by atoms with Crippen LogP contribution in [0.2, 0.25) is 0 Å². The van der Waals surface area contributed by atoms with Crippen LogP contribution < -0.4 is 0 Å². The van der Waals surface area contributed by atoms with Gasteiger partial charge in [0.05, 0.1) is 35.2 Å². The largest absolute Gasteiger partial charge is 0.466 e. The van der Waals surface area contributed by atoms with Crippen molar-refractivity contribution >= 4 is 17.4 Å². The first-order chi connectivity index (χ1) is 14.0. The van der Waals surface area contributed by atoms with Crippen molar-refractivity contribution in [2.24, 2.45) is 0 Å². The van der Waals surface area contributed by atoms with Crippen molar-refractivity contribution in [2.45, 2.75) is 19.3 Å². The molecule has 0 radical (unpaired) electrons. The summed E-state index contributed by atoms with van der Waals surface area (Å²) < 4.78 is 11.0. The molecule has 3 rings (SSSR count). The molecule has 0 aliphatic carbocycles. The number of carbonyl (C=O) groups excluding carboxylic acids is 1. The summed E-state index contributed by atoms with van der Waals surface area (Å²) in [5, 5.41) is 21.0. The summed E-state index contributed by atoms with van der Waals surface area (Å²) in [5.41, 5.74) is 1.65. The number of esters is 1. The lowest BCUT2D eigenvalue weighted by Gasteiger charge is -2.29. The van der Waals surface area contributed by atoms with E-state index >= 15 is 0 Å². The third-order valence-electron chi connectivity index (χ3n) is 4.67. The summed E-state index contributed by atoms with van der Waals surface area (Å²) in [7, 11) is 1.26. The number of nitriles is 1. The molecule has 0 amide bonds. The van der Waals surface area contributed by atoms with Gasteiger partial charge in [-0.15, -0.1) is 0 Å². The van der Waals surface area contributed by atoms with Crippen LogP contribution in [0, 0.1) is 21.4 Å². The number of nitro benzene ring substituents is 1. The van der Waals surface area contributed by atoms with Crippen molar-refractivity contribution in [3.05, 3.63) is 92.7 Å². The number of nitrogens with zero attached hydrogens (tertiary/aromatic N) is 2. The van der Waals surface area contributed by atoms with Gasteiger partial charge in [0.25, 0.3) is 5.69 Å². The number of methoxy groups -OCH3 is 1. The third kappa shape index (κ3) is 3.73. The molecule has 0 bridgehead atoms. The number of hydrogen-bond acceptors (Lipinski definition) is 6. The van der Waals surface area contributed by atoms with E-state index in [9.17, 15) is 20.2 Å². The van der Waals surface area contributed by atoms with Crippen molar-refractivity contribution < 1.29 is 19.2 Å². The first-order valence-corrected chi connectivity index (χ1v) is 8.95. The minimum absolute atomic E-state index is 0.0779. The van der Waals surface area contributed by atoms with Crippen molar-refractivity contribution in [2.75, 3.05) is 7.11 Å². The molecule has 2 aromatic carbocycles. The number of allylic oxidation sites excluding steroid dienone is 2. The Hall–Kier alpha value is -3.92. The SMILES string of the molecule is CCC1=C(C(=O)OC)C(c2ccc([N+](=O)[O-])cc2)C(C#N)=C(c2ccccc2)O1. The molecule has 1 atom stereocenters. The molecule has 1 aliphatic heterocycles. The number of ether oxygens (including phenoxy) is 2. The Morgan fingerprint density at radius 3 is 2.38 bits per heavy atom. The predicted molar refractivity (Wildman–Crippen MR) is 105 cm³/mol. The van der Waals surface area contributed by atoms with E-state index in [-0.39, 0.29) is 16.8 Å². The zero-order chi connectivity index (χ0) is 21.0. The van der Waals surface area contributed by atoms with Crippen molar-refractivity contribution in [1.82, 2.24) is 0 Å². The summed E-state index contributed by atoms with van der Waals surface area (Å²) in [4.78, 5) is 23.1. The Bertz CT molecular complexity index is 1050. The first kappa shape index (κ1) is 19.8. The van der Waals surface area contributed by atoms with Crippen LogP contribution in [0.3, 0.4) is 0 Å². The Balaban J connectivity index is 2.25. The van der Waals surface area contributed by atoms with Crippen LogP contribution in [0.5, 0.6) is 0 Å². The van der Waals surface area contributed by atoms with Crippen molar-refractivity contribution in [3.63, 3.8) is 0 Å². The van der Waals surface area contributed by atoms with E-state index in [2.05, 4.69) is 6.07 Å². The molecular weight excluding hydrogens is 372 g/mol. The second kappa shape index (κ2) is 8.40. The van der Waals surface area contributed by atoms with Crippen LogP contribution in [0.1, 0.15) is 30.4 Å². The first-order valence-electron chi connectivity index (χ1n) is 8.95. The number of nitro groups is 1. The summed E-state index contributed by atoms with van der Waals surface area (Å²) in [6.07, 6.45) is 0.406. The zero-order valence-corrected chi connectivity index (χ0v) is 15.9. The standard InChI is InChI=1S/C22H18N2O5/c1-3-18-20(22(25)28-2)19(14-9-11-16(12-10-14)24(26)27)17(13-23)21(29-18)15-7-5-4-6-8-15/h4-12,19H,3H2,1-2H3. The molecule has 146 valence electrons. The van der Waals surface area contributed by atoms with E-state index in [1.165, 1.54) is 19.2 Å². The predicted octanol–water partition coefficient (Wildman–Crippen LogP) is 4.48. The maximum atomic E-state index is 12.6. The van der Waals surface area contributed by atoms with Gasteiger partial charge in [0.15, 0.2) is 0 Å². The minimum atomic E-state index is -0.757. The van der Waals surface area contributed by atoms with E-state index in [4.69, 9.17) is 9.47 Å². The van der Waals surface area contributed by atoms with Gasteiger partial charge in [-0.25, -0.2) is 4.79 Å². The maximum absolute atomic E-state index is 12.6. The highest BCUT2D eigenvalue weighted by Gasteiger charge is 2.37. The lowest BCUT2D eigenvalue weighted by atomic mass is 9.81. The topological polar surface area (TPSA) is 102 Å². The van der Waals surface area contributed by atoms with E-state index in [0.29, 0.717) is 29.1 Å². The molecule has 0 fully saturated rings. The fourth-order valence-corrected chi connectivity index (χ4v) is 3.31. The average Bonchev–Trinajstić information content (AvgIpc) is 2.77. The smallest absolute Gasteiger partial charge is 0.338 e. The number of non-ortho nitro benzene ring substituents is 1. The molecular formula is C22H18N2O5. The summed E-state index contributed by atoms with van der Waals surface area (Å²) in [6, 6.07) is 17.1. The summed E-state index contributed by atoms with van der Waals surface area (Å²) in [5.74, 6) is -0.601. The minimum Gasteiger partial charge on any atom is -0.466 e. The molecule has 0 saturated carbocycles. The van der Waals surface area contributed by atoms with Gasteiger partial charge in [-0.3, -0.25) is 10.1 Å². The summed E-state index contributed by atoms with van der Waals surface area (Å²) >= 11 is 0. The van der Waals surface area contributed by atoms with E-state index in [1.54, 1.807) is 12.1 Å². The van der Waals surface area contributed by atoms with E-state index in [1.807, 2.05) is 37.3 Å². The van der Waals surface area contributed by atoms with Gasteiger partial charge in [-0.2, -0.15) is 5.26 Å². The highest BCUT2D eigenvalue weighted by molar-refractivity contribution is 5.94. The molecule has 0 saturated heterocycles. The molecule has 29 heavy (non-hydrogen) atoms. The lowest BCUT2D eigenvalue weighted by Crippen LogP contribution is -2.23. The van der Waals surface area contributed by atoms with Crippen LogP contribution in [-0.2, 0) is 14.3 Å². The molecule has 1 heterocycles. The van der Waals surface area contributed by atoms with Gasteiger partial charge >= 0.3 is 5.97 Å². The van der Waals surface area contributed by atoms with Crippen LogP contribution in [-0.4, -0.2) is 18.0 Å². The zero-order valence-electron chi connectivity index (χ0n) is 15.9. The molecule has 0 N–H and O–H groups in total. The van der Waals surface area contributed by atoms with Gasteiger partial charge < -0.3 is 9.47 Å². The van der Waals surface area contributed by atoms with Crippen molar-refractivity contribution in [1.29, 1.82) is 5.26 Å². The van der Waals surface area contributed by atoms with Crippen molar-refractivity contribution in [3.8, 4) is 6.07 Å². The quantitative estimate of drug-likeness (QED) is 0.424. The Morgan fingerprint density at radius 1 is 1.21 bits per heavy atom. The normalized spacial score (nSPS) is 16.1. The Labute approximate surface area is 167 Å². The van der Waals surface area contributed by atoms with Gasteiger partial charge in [-0.05, 0) is 5.56 Å². The Morgan fingerprint density at radius 2 is 1.86 bits per heavy atom. The molecule has 1 unspecified atom stereocenters. The lowest BCUT2D eigenvalue weighted by molar-refractivity contribution is -0.384. The fourth-order valence-electron chi connectivity index (χ4n) is 3.31. The van der Waals surface area contributed by atoms with Gasteiger partial charge in [0, 0.05) is 24.1 Å². The maximum Gasteiger partial charge on any atom is 0.338 e. The molecule has 7 heteroatoms. The number of hydrogen-bond donors (Lipinski definition) is 0. The molecule has 1 aliphatic rings. The monoisotopic (exact) mass is 390 g/mol. The van der Waals surface area contributed by atoms with Gasteiger partial charge in [-0.1, -0.05) is 49.4 Å². The fraction of sp³-hybridized carbons (Fsp3) is 0.182. The molecule has 0 spiro atoms. The molecule has 2 aromatic rings. The average molecular weight is 390 g/mol. The van der Waals surface area contributed by atoms with Crippen LogP contribution in [0.4, 0.5) is 5.69 Å². The van der Waals surface area contributed by atoms with Crippen LogP contribution >= 0.6 is 0 Å². The third-order valence-corrected chi connectivity index (χ3v) is 4.67. The van der Waals surface area contributed by atoms with Gasteiger partial charge in [0.2, 0.25) is 0 Å². The van der Waals surface area contributed by atoms with Crippen LogP contribution in [0.25, 0.3) is 5.76 Å². The highest BCUT2D eigenvalue weighted by Crippen LogP contribution is 2.44. The van der Waals surface area contributed by atoms with E-state index < -0.39 is 16.8 Å². The molecule has 7 nitrogen and oxygen atoms in total. The second-order valence-corrected chi connectivity index (χ2v) is 6.29. The number of carbonyl (C=O) groups is 1. The summed E-state index contributed by atoms with van der Waals surface area (Å²) in [6.45, 7) is 1.84. The highest BCUT2D eigenvalue weighted by atomic mass is 16.6. The van der Waals surface area contributed by atoms with Crippen LogP contribution in [0.15, 0.2) is 71.5 Å². The number of benzene rings is 2. The Kier molecular flexibility index (Phi) is 5.74. The van der Waals surface area contributed by atoms with E-state index in [0.717, 1.165) is 0 Å².